The molecule has 0 unspecified atom stereocenters. The number of carbonyl (C=O) groups excluding carboxylic acids is 1. The van der Waals surface area contributed by atoms with E-state index in [4.69, 9.17) is 4.74 Å². The highest BCUT2D eigenvalue weighted by Gasteiger charge is 1.99. The van der Waals surface area contributed by atoms with Crippen molar-refractivity contribution in [3.63, 3.8) is 0 Å². The molecule has 0 heterocycles. The van der Waals surface area contributed by atoms with Gasteiger partial charge >= 0.3 is 0 Å². The Balaban J connectivity index is 2.00. The summed E-state index contributed by atoms with van der Waals surface area (Å²) in [5.41, 5.74) is 2.35. The third kappa shape index (κ3) is 3.45. The molecule has 0 spiro atoms. The molecule has 0 aliphatic carbocycles. The van der Waals surface area contributed by atoms with Gasteiger partial charge < -0.3 is 4.74 Å². The third-order valence-electron chi connectivity index (χ3n) is 2.68. The Morgan fingerprint density at radius 3 is 2.17 bits per heavy atom. The first-order chi connectivity index (χ1) is 8.75. The quantitative estimate of drug-likeness (QED) is 0.796. The lowest BCUT2D eigenvalue weighted by atomic mass is 10.1. The van der Waals surface area contributed by atoms with Gasteiger partial charge in [-0.25, -0.2) is 0 Å². The molecule has 2 nitrogen and oxygen atoms in total. The van der Waals surface area contributed by atoms with Crippen molar-refractivity contribution in [2.75, 3.05) is 6.61 Å². The lowest BCUT2D eigenvalue weighted by molar-refractivity contribution is -0.117. The molecule has 2 aromatic carbocycles. The summed E-state index contributed by atoms with van der Waals surface area (Å²) in [4.78, 5) is 10.8. The second kappa shape index (κ2) is 6.01. The van der Waals surface area contributed by atoms with Crippen molar-refractivity contribution in [3.8, 4) is 16.9 Å². The lowest BCUT2D eigenvalue weighted by Gasteiger charge is -2.06. The Kier molecular flexibility index (Phi) is 4.13. The number of Topliss-reactive ketones (excluding diaryl/α,β-unsaturated/α-hetero) is 1. The van der Waals surface area contributed by atoms with Crippen LogP contribution in [-0.2, 0) is 4.79 Å². The number of ether oxygens (including phenoxy) is 1. The van der Waals surface area contributed by atoms with E-state index in [0.717, 1.165) is 11.3 Å². The number of hydrogen-bond acceptors (Lipinski definition) is 2. The minimum absolute atomic E-state index is 0.149. The molecule has 0 fully saturated rings. The minimum atomic E-state index is 0.149. The summed E-state index contributed by atoms with van der Waals surface area (Å²) >= 11 is 0. The molecule has 0 aliphatic rings. The first-order valence-corrected chi connectivity index (χ1v) is 6.03. The fourth-order valence-electron chi connectivity index (χ4n) is 1.69. The summed E-state index contributed by atoms with van der Waals surface area (Å²) < 4.78 is 5.49. The molecule has 0 saturated heterocycles. The first kappa shape index (κ1) is 12.4. The van der Waals surface area contributed by atoms with Crippen LogP contribution in [-0.4, -0.2) is 12.4 Å². The Morgan fingerprint density at radius 2 is 1.56 bits per heavy atom. The molecule has 0 bridgehead atoms. The zero-order valence-electron chi connectivity index (χ0n) is 10.4. The molecule has 18 heavy (non-hydrogen) atoms. The maximum atomic E-state index is 10.8. The zero-order chi connectivity index (χ0) is 12.8. The summed E-state index contributed by atoms with van der Waals surface area (Å²) in [6, 6.07) is 18.1. The highest BCUT2D eigenvalue weighted by Crippen LogP contribution is 2.21. The van der Waals surface area contributed by atoms with Gasteiger partial charge in [0.1, 0.15) is 11.5 Å². The Labute approximate surface area is 107 Å². The number of benzene rings is 2. The van der Waals surface area contributed by atoms with Gasteiger partial charge in [-0.15, -0.1) is 0 Å². The molecular formula is C16H16O2. The standard InChI is InChI=1S/C16H16O2/c1-13(17)11-12-18-16-9-7-15(8-10-16)14-5-3-2-4-6-14/h2-10H,11-12H2,1H3. The highest BCUT2D eigenvalue weighted by atomic mass is 16.5. The van der Waals surface area contributed by atoms with Gasteiger partial charge in [-0.1, -0.05) is 42.5 Å². The van der Waals surface area contributed by atoms with Crippen molar-refractivity contribution in [1.29, 1.82) is 0 Å². The molecule has 0 aliphatic heterocycles. The predicted octanol–water partition coefficient (Wildman–Crippen LogP) is 3.71. The largest absolute Gasteiger partial charge is 0.493 e. The molecule has 0 N–H and O–H groups in total. The smallest absolute Gasteiger partial charge is 0.133 e. The number of carbonyl (C=O) groups is 1. The van der Waals surface area contributed by atoms with E-state index in [1.165, 1.54) is 5.56 Å². The van der Waals surface area contributed by atoms with Gasteiger partial charge in [0.25, 0.3) is 0 Å². The van der Waals surface area contributed by atoms with Crippen LogP contribution in [0.25, 0.3) is 11.1 Å². The normalized spacial score (nSPS) is 10.1. The summed E-state index contributed by atoms with van der Waals surface area (Å²) in [7, 11) is 0. The summed E-state index contributed by atoms with van der Waals surface area (Å²) in [6.07, 6.45) is 0.459. The van der Waals surface area contributed by atoms with Crippen LogP contribution in [0.2, 0.25) is 0 Å². The van der Waals surface area contributed by atoms with Gasteiger partial charge in [0, 0.05) is 6.42 Å². The summed E-state index contributed by atoms with van der Waals surface area (Å²) in [6.45, 7) is 2.02. The van der Waals surface area contributed by atoms with Crippen LogP contribution in [0.5, 0.6) is 5.75 Å². The van der Waals surface area contributed by atoms with Crippen LogP contribution in [0.3, 0.4) is 0 Å². The van der Waals surface area contributed by atoms with E-state index in [1.54, 1.807) is 6.92 Å². The fraction of sp³-hybridized carbons (Fsp3) is 0.188. The van der Waals surface area contributed by atoms with Crippen molar-refractivity contribution >= 4 is 5.78 Å². The molecule has 2 aromatic rings. The van der Waals surface area contributed by atoms with Crippen molar-refractivity contribution in [2.24, 2.45) is 0 Å². The van der Waals surface area contributed by atoms with E-state index < -0.39 is 0 Å². The van der Waals surface area contributed by atoms with Crippen molar-refractivity contribution in [2.45, 2.75) is 13.3 Å². The van der Waals surface area contributed by atoms with Crippen LogP contribution >= 0.6 is 0 Å². The SMILES string of the molecule is CC(=O)CCOc1ccc(-c2ccccc2)cc1. The van der Waals surface area contributed by atoms with Crippen LogP contribution in [0, 0.1) is 0 Å². The Morgan fingerprint density at radius 1 is 0.944 bits per heavy atom. The zero-order valence-corrected chi connectivity index (χ0v) is 10.4. The number of rotatable bonds is 5. The van der Waals surface area contributed by atoms with Crippen LogP contribution in [0.4, 0.5) is 0 Å². The Hall–Kier alpha value is -2.09. The van der Waals surface area contributed by atoms with Gasteiger partial charge in [0.05, 0.1) is 6.61 Å². The van der Waals surface area contributed by atoms with E-state index in [0.29, 0.717) is 13.0 Å². The van der Waals surface area contributed by atoms with E-state index in [1.807, 2.05) is 42.5 Å². The first-order valence-electron chi connectivity index (χ1n) is 6.03. The lowest BCUT2D eigenvalue weighted by Crippen LogP contribution is -2.02. The van der Waals surface area contributed by atoms with Crippen LogP contribution < -0.4 is 4.74 Å². The average Bonchev–Trinajstić information content (AvgIpc) is 2.40. The molecule has 92 valence electrons. The van der Waals surface area contributed by atoms with E-state index >= 15 is 0 Å². The maximum absolute atomic E-state index is 10.8. The minimum Gasteiger partial charge on any atom is -0.493 e. The molecule has 2 heteroatoms. The molecule has 0 saturated carbocycles. The summed E-state index contributed by atoms with van der Waals surface area (Å²) in [5.74, 6) is 0.951. The molecule has 2 rings (SSSR count). The molecule has 0 radical (unpaired) electrons. The van der Waals surface area contributed by atoms with Crippen LogP contribution in [0.1, 0.15) is 13.3 Å². The predicted molar refractivity (Wildman–Crippen MR) is 72.7 cm³/mol. The van der Waals surface area contributed by atoms with Gasteiger partial charge in [-0.05, 0) is 30.2 Å². The van der Waals surface area contributed by atoms with Crippen molar-refractivity contribution in [1.82, 2.24) is 0 Å². The summed E-state index contributed by atoms with van der Waals surface area (Å²) in [5, 5.41) is 0. The van der Waals surface area contributed by atoms with E-state index in [2.05, 4.69) is 12.1 Å². The highest BCUT2D eigenvalue weighted by molar-refractivity contribution is 5.75. The monoisotopic (exact) mass is 240 g/mol. The van der Waals surface area contributed by atoms with Gasteiger partial charge in [-0.2, -0.15) is 0 Å². The van der Waals surface area contributed by atoms with Gasteiger partial charge in [0.15, 0.2) is 0 Å². The average molecular weight is 240 g/mol. The van der Waals surface area contributed by atoms with Crippen molar-refractivity contribution < 1.29 is 9.53 Å². The molecule has 0 amide bonds. The van der Waals surface area contributed by atoms with Gasteiger partial charge in [0.2, 0.25) is 0 Å². The van der Waals surface area contributed by atoms with E-state index in [-0.39, 0.29) is 5.78 Å². The second-order valence-corrected chi connectivity index (χ2v) is 4.19. The maximum Gasteiger partial charge on any atom is 0.133 e. The fourth-order valence-corrected chi connectivity index (χ4v) is 1.69. The van der Waals surface area contributed by atoms with Gasteiger partial charge in [-0.3, -0.25) is 4.79 Å². The topological polar surface area (TPSA) is 26.3 Å². The Bertz CT molecular complexity index is 500. The van der Waals surface area contributed by atoms with E-state index in [9.17, 15) is 4.79 Å². The second-order valence-electron chi connectivity index (χ2n) is 4.19. The van der Waals surface area contributed by atoms with Crippen LogP contribution in [0.15, 0.2) is 54.6 Å². The number of ketones is 1. The molecule has 0 aromatic heterocycles. The number of hydrogen-bond donors (Lipinski definition) is 0. The third-order valence-corrected chi connectivity index (χ3v) is 2.68. The molecular weight excluding hydrogens is 224 g/mol. The van der Waals surface area contributed by atoms with Crippen molar-refractivity contribution in [3.05, 3.63) is 54.6 Å². The molecule has 0 atom stereocenters.